The molecule has 1 aliphatic rings. The van der Waals surface area contributed by atoms with Gasteiger partial charge in [-0.25, -0.2) is 5.53 Å². The zero-order valence-corrected chi connectivity index (χ0v) is 7.96. The molecule has 0 unspecified atom stereocenters. The monoisotopic (exact) mass is 191 g/mol. The van der Waals surface area contributed by atoms with Crippen LogP contribution in [0.1, 0.15) is 11.1 Å². The summed E-state index contributed by atoms with van der Waals surface area (Å²) in [4.78, 5) is 0. The molecule has 0 atom stereocenters. The Morgan fingerprint density at radius 2 is 2.07 bits per heavy atom. The molecule has 0 saturated heterocycles. The summed E-state index contributed by atoms with van der Waals surface area (Å²) in [5.41, 5.74) is 10.5. The highest BCUT2D eigenvalue weighted by atomic mass is 15.8. The van der Waals surface area contributed by atoms with Crippen molar-refractivity contribution >= 4 is 5.84 Å². The number of benzene rings is 1. The summed E-state index contributed by atoms with van der Waals surface area (Å²) in [5, 5.41) is 7.11. The molecule has 0 radical (unpaired) electrons. The number of hydrazine groups is 2. The fourth-order valence-electron chi connectivity index (χ4n) is 1.32. The lowest BCUT2D eigenvalue weighted by atomic mass is 10.1. The normalized spacial score (nSPS) is 14.5. The predicted molar refractivity (Wildman–Crippen MR) is 55.1 cm³/mol. The van der Waals surface area contributed by atoms with Crippen molar-refractivity contribution in [1.29, 1.82) is 0 Å². The molecule has 0 aliphatic carbocycles. The van der Waals surface area contributed by atoms with Crippen molar-refractivity contribution in [3.8, 4) is 0 Å². The molecule has 74 valence electrons. The van der Waals surface area contributed by atoms with E-state index in [1.807, 2.05) is 19.2 Å². The summed E-state index contributed by atoms with van der Waals surface area (Å²) in [6.45, 7) is 0.886. The smallest absolute Gasteiger partial charge is 0.170 e. The number of nitrogens with zero attached hydrogens (tertiary/aromatic N) is 1. The number of rotatable bonds is 3. The topological polar surface area (TPSA) is 60.5 Å². The van der Waals surface area contributed by atoms with E-state index in [1.165, 1.54) is 5.56 Å². The molecule has 2 rings (SSSR count). The number of nitrogens with one attached hydrogen (secondary N) is 4. The molecule has 1 aromatic rings. The summed E-state index contributed by atoms with van der Waals surface area (Å²) in [7, 11) is 1.93. The number of hydrogen-bond acceptors (Lipinski definition) is 5. The molecule has 0 amide bonds. The molecule has 5 heteroatoms. The van der Waals surface area contributed by atoms with Crippen LogP contribution in [0.25, 0.3) is 0 Å². The second-order valence-corrected chi connectivity index (χ2v) is 3.05. The fourth-order valence-corrected chi connectivity index (χ4v) is 1.32. The first-order valence-electron chi connectivity index (χ1n) is 4.48. The summed E-state index contributed by atoms with van der Waals surface area (Å²) in [5.74, 6) is 0.806. The molecule has 4 N–H and O–H groups in total. The first-order chi connectivity index (χ1) is 6.90. The Hall–Kier alpha value is -1.59. The predicted octanol–water partition coefficient (Wildman–Crippen LogP) is -0.320. The Balaban J connectivity index is 2.13. The minimum absolute atomic E-state index is 0.806. The molecule has 0 aromatic heterocycles. The zero-order valence-electron chi connectivity index (χ0n) is 7.96. The minimum Gasteiger partial charge on any atom is -0.316 e. The lowest BCUT2D eigenvalue weighted by molar-refractivity contribution is 0.577. The average Bonchev–Trinajstić information content (AvgIpc) is 2.72. The van der Waals surface area contributed by atoms with E-state index in [2.05, 4.69) is 39.0 Å². The molecule has 5 nitrogen and oxygen atoms in total. The van der Waals surface area contributed by atoms with Gasteiger partial charge < -0.3 is 5.32 Å². The molecular formula is C9H13N5. The molecule has 0 spiro atoms. The van der Waals surface area contributed by atoms with Crippen LogP contribution in [0.2, 0.25) is 0 Å². The van der Waals surface area contributed by atoms with Crippen molar-refractivity contribution in [1.82, 2.24) is 21.8 Å². The van der Waals surface area contributed by atoms with Gasteiger partial charge in [-0.05, 0) is 12.6 Å². The first-order valence-corrected chi connectivity index (χ1v) is 4.48. The van der Waals surface area contributed by atoms with Gasteiger partial charge >= 0.3 is 0 Å². The Bertz CT molecular complexity index is 330. The van der Waals surface area contributed by atoms with Crippen LogP contribution in [0.5, 0.6) is 0 Å². The summed E-state index contributed by atoms with van der Waals surface area (Å²) in [6, 6.07) is 8.23. The molecule has 0 bridgehead atoms. The van der Waals surface area contributed by atoms with E-state index in [0.29, 0.717) is 0 Å². The SMILES string of the molecule is CNCc1ccc(C2=NNNN2)cc1. The van der Waals surface area contributed by atoms with Crippen molar-refractivity contribution in [2.24, 2.45) is 5.10 Å². The third kappa shape index (κ3) is 1.84. The van der Waals surface area contributed by atoms with Gasteiger partial charge in [-0.3, -0.25) is 5.43 Å². The maximum Gasteiger partial charge on any atom is 0.170 e. The standard InChI is InChI=1S/C9H13N5/c1-10-6-7-2-4-8(5-3-7)9-11-13-14-12-9/h2-5,10,13-14H,6H2,1H3,(H,11,12). The third-order valence-corrected chi connectivity index (χ3v) is 2.01. The second kappa shape index (κ2) is 4.08. The van der Waals surface area contributed by atoms with Crippen LogP contribution in [0.4, 0.5) is 0 Å². The number of amidine groups is 1. The molecule has 1 aromatic carbocycles. The van der Waals surface area contributed by atoms with Crippen LogP contribution in [0.15, 0.2) is 29.4 Å². The molecule has 0 saturated carbocycles. The third-order valence-electron chi connectivity index (χ3n) is 2.01. The average molecular weight is 191 g/mol. The van der Waals surface area contributed by atoms with Gasteiger partial charge in [0, 0.05) is 12.1 Å². The maximum absolute atomic E-state index is 4.01. The van der Waals surface area contributed by atoms with Gasteiger partial charge in [-0.15, -0.1) is 10.6 Å². The second-order valence-electron chi connectivity index (χ2n) is 3.05. The van der Waals surface area contributed by atoms with E-state index in [-0.39, 0.29) is 0 Å². The van der Waals surface area contributed by atoms with Crippen LogP contribution in [-0.4, -0.2) is 12.9 Å². The van der Waals surface area contributed by atoms with Crippen LogP contribution in [-0.2, 0) is 6.54 Å². The highest BCUT2D eigenvalue weighted by Crippen LogP contribution is 2.04. The minimum atomic E-state index is 0.806. The number of hydrazone groups is 1. The van der Waals surface area contributed by atoms with E-state index in [9.17, 15) is 0 Å². The van der Waals surface area contributed by atoms with E-state index in [1.54, 1.807) is 0 Å². The highest BCUT2D eigenvalue weighted by Gasteiger charge is 2.06. The Kier molecular flexibility index (Phi) is 2.62. The van der Waals surface area contributed by atoms with Gasteiger partial charge in [0.15, 0.2) is 5.84 Å². The van der Waals surface area contributed by atoms with Crippen molar-refractivity contribution in [2.75, 3.05) is 7.05 Å². The van der Waals surface area contributed by atoms with Gasteiger partial charge in [0.2, 0.25) is 0 Å². The van der Waals surface area contributed by atoms with Gasteiger partial charge in [0.25, 0.3) is 0 Å². The quantitative estimate of drug-likeness (QED) is 0.529. The van der Waals surface area contributed by atoms with E-state index in [0.717, 1.165) is 17.9 Å². The van der Waals surface area contributed by atoms with Crippen LogP contribution in [0.3, 0.4) is 0 Å². The number of hydrogen-bond donors (Lipinski definition) is 4. The molecule has 1 aliphatic heterocycles. The van der Waals surface area contributed by atoms with Gasteiger partial charge in [-0.1, -0.05) is 24.3 Å². The van der Waals surface area contributed by atoms with Gasteiger partial charge in [0.05, 0.1) is 0 Å². The van der Waals surface area contributed by atoms with Crippen molar-refractivity contribution < 1.29 is 0 Å². The van der Waals surface area contributed by atoms with Crippen LogP contribution in [0, 0.1) is 0 Å². The summed E-state index contributed by atoms with van der Waals surface area (Å²) in [6.07, 6.45) is 0. The van der Waals surface area contributed by atoms with E-state index >= 15 is 0 Å². The molecule has 0 fully saturated rings. The lowest BCUT2D eigenvalue weighted by Gasteiger charge is -2.02. The van der Waals surface area contributed by atoms with Crippen molar-refractivity contribution in [3.63, 3.8) is 0 Å². The first kappa shape index (κ1) is 8.98. The van der Waals surface area contributed by atoms with Crippen LogP contribution >= 0.6 is 0 Å². The van der Waals surface area contributed by atoms with E-state index in [4.69, 9.17) is 0 Å². The van der Waals surface area contributed by atoms with Crippen molar-refractivity contribution in [3.05, 3.63) is 35.4 Å². The van der Waals surface area contributed by atoms with Crippen LogP contribution < -0.4 is 21.8 Å². The molecular weight excluding hydrogens is 178 g/mol. The Labute approximate surface area is 82.5 Å². The Morgan fingerprint density at radius 1 is 1.29 bits per heavy atom. The summed E-state index contributed by atoms with van der Waals surface area (Å²) < 4.78 is 0. The Morgan fingerprint density at radius 3 is 2.64 bits per heavy atom. The summed E-state index contributed by atoms with van der Waals surface area (Å²) >= 11 is 0. The molecule has 1 heterocycles. The van der Waals surface area contributed by atoms with Gasteiger partial charge in [-0.2, -0.15) is 0 Å². The fraction of sp³-hybridized carbons (Fsp3) is 0.222. The van der Waals surface area contributed by atoms with Gasteiger partial charge in [0.1, 0.15) is 0 Å². The maximum atomic E-state index is 4.01. The molecule has 14 heavy (non-hydrogen) atoms. The zero-order chi connectivity index (χ0) is 9.80. The lowest BCUT2D eigenvalue weighted by Crippen LogP contribution is -2.35. The van der Waals surface area contributed by atoms with E-state index < -0.39 is 0 Å². The largest absolute Gasteiger partial charge is 0.316 e. The van der Waals surface area contributed by atoms with Crippen molar-refractivity contribution in [2.45, 2.75) is 6.54 Å². The highest BCUT2D eigenvalue weighted by molar-refractivity contribution is 5.98.